The summed E-state index contributed by atoms with van der Waals surface area (Å²) in [6, 6.07) is 3.50. The van der Waals surface area contributed by atoms with Crippen LogP contribution in [0.4, 0.5) is 0 Å². The maximum absolute atomic E-state index is 11.6. The van der Waals surface area contributed by atoms with E-state index in [1.807, 2.05) is 13.0 Å². The van der Waals surface area contributed by atoms with Crippen molar-refractivity contribution in [2.24, 2.45) is 5.73 Å². The first-order valence-corrected chi connectivity index (χ1v) is 4.80. The summed E-state index contributed by atoms with van der Waals surface area (Å²) in [5.74, 6) is -0.109. The van der Waals surface area contributed by atoms with E-state index in [-0.39, 0.29) is 5.91 Å². The lowest BCUT2D eigenvalue weighted by molar-refractivity contribution is 0.0957. The number of nitrogens with two attached hydrogens (primary N) is 1. The average Bonchev–Trinajstić information content (AvgIpc) is 2.25. The van der Waals surface area contributed by atoms with E-state index in [4.69, 9.17) is 5.73 Å². The number of amides is 1. The normalized spacial score (nSPS) is 10.5. The molecule has 0 aromatic carbocycles. The van der Waals surface area contributed by atoms with Gasteiger partial charge in [-0.25, -0.2) is 0 Å². The van der Waals surface area contributed by atoms with Crippen molar-refractivity contribution in [3.05, 3.63) is 41.7 Å². The van der Waals surface area contributed by atoms with Crippen LogP contribution in [0.15, 0.2) is 30.5 Å². The van der Waals surface area contributed by atoms with Gasteiger partial charge < -0.3 is 11.1 Å². The smallest absolute Gasteiger partial charge is 0.253 e. The number of aromatic nitrogens is 1. The molecular formula is C11H15N3O. The van der Waals surface area contributed by atoms with Gasteiger partial charge in [-0.1, -0.05) is 12.2 Å². The molecule has 0 saturated heterocycles. The van der Waals surface area contributed by atoms with Gasteiger partial charge in [-0.15, -0.1) is 0 Å². The monoisotopic (exact) mass is 205 g/mol. The van der Waals surface area contributed by atoms with Gasteiger partial charge in [0.2, 0.25) is 0 Å². The molecule has 0 radical (unpaired) electrons. The average molecular weight is 205 g/mol. The van der Waals surface area contributed by atoms with Crippen molar-refractivity contribution < 1.29 is 4.79 Å². The Labute approximate surface area is 89.2 Å². The zero-order chi connectivity index (χ0) is 11.1. The highest BCUT2D eigenvalue weighted by Gasteiger charge is 2.06. The van der Waals surface area contributed by atoms with E-state index in [1.54, 1.807) is 24.4 Å². The first-order valence-electron chi connectivity index (χ1n) is 4.80. The maximum atomic E-state index is 11.6. The zero-order valence-corrected chi connectivity index (χ0v) is 8.73. The molecule has 3 N–H and O–H groups in total. The van der Waals surface area contributed by atoms with Crippen LogP contribution in [0.5, 0.6) is 0 Å². The molecule has 1 amide bonds. The van der Waals surface area contributed by atoms with Crippen molar-refractivity contribution in [2.75, 3.05) is 13.1 Å². The highest BCUT2D eigenvalue weighted by molar-refractivity contribution is 5.95. The van der Waals surface area contributed by atoms with E-state index < -0.39 is 0 Å². The van der Waals surface area contributed by atoms with Gasteiger partial charge in [-0.2, -0.15) is 0 Å². The number of hydrogen-bond acceptors (Lipinski definition) is 3. The second kappa shape index (κ2) is 5.93. The van der Waals surface area contributed by atoms with Crippen molar-refractivity contribution in [2.45, 2.75) is 6.92 Å². The van der Waals surface area contributed by atoms with Crippen LogP contribution in [0.3, 0.4) is 0 Å². The predicted octanol–water partition coefficient (Wildman–Crippen LogP) is 0.635. The lowest BCUT2D eigenvalue weighted by Crippen LogP contribution is -2.24. The van der Waals surface area contributed by atoms with Gasteiger partial charge in [0.1, 0.15) is 0 Å². The van der Waals surface area contributed by atoms with Crippen LogP contribution in [-0.2, 0) is 0 Å². The third-order valence-electron chi connectivity index (χ3n) is 1.93. The van der Waals surface area contributed by atoms with E-state index in [1.165, 1.54) is 0 Å². The lowest BCUT2D eigenvalue weighted by Gasteiger charge is -2.04. The quantitative estimate of drug-likeness (QED) is 0.708. The van der Waals surface area contributed by atoms with Crippen LogP contribution in [0.1, 0.15) is 16.1 Å². The Bertz CT molecular complexity index is 361. The molecule has 0 aliphatic heterocycles. The van der Waals surface area contributed by atoms with Crippen LogP contribution >= 0.6 is 0 Å². The van der Waals surface area contributed by atoms with Gasteiger partial charge in [0.05, 0.1) is 5.56 Å². The Morgan fingerprint density at radius 1 is 1.60 bits per heavy atom. The molecule has 0 bridgehead atoms. The van der Waals surface area contributed by atoms with Gasteiger partial charge in [0.25, 0.3) is 5.91 Å². The number of aryl methyl sites for hydroxylation is 1. The summed E-state index contributed by atoms with van der Waals surface area (Å²) in [5.41, 5.74) is 6.62. The van der Waals surface area contributed by atoms with Gasteiger partial charge in [0.15, 0.2) is 0 Å². The van der Waals surface area contributed by atoms with Crippen LogP contribution < -0.4 is 11.1 Å². The van der Waals surface area contributed by atoms with Crippen LogP contribution in [0.25, 0.3) is 0 Å². The number of nitrogens with one attached hydrogen (secondary N) is 1. The van der Waals surface area contributed by atoms with Crippen molar-refractivity contribution in [1.82, 2.24) is 10.3 Å². The Balaban J connectivity index is 2.54. The van der Waals surface area contributed by atoms with Gasteiger partial charge >= 0.3 is 0 Å². The third-order valence-corrected chi connectivity index (χ3v) is 1.93. The summed E-state index contributed by atoms with van der Waals surface area (Å²) in [5, 5.41) is 2.75. The molecule has 4 heteroatoms. The minimum Gasteiger partial charge on any atom is -0.349 e. The fourth-order valence-electron chi connectivity index (χ4n) is 1.15. The third kappa shape index (κ3) is 3.52. The molecule has 0 aliphatic rings. The summed E-state index contributed by atoms with van der Waals surface area (Å²) >= 11 is 0. The predicted molar refractivity (Wildman–Crippen MR) is 59.5 cm³/mol. The molecule has 0 unspecified atom stereocenters. The Morgan fingerprint density at radius 2 is 2.40 bits per heavy atom. The number of pyridine rings is 1. The highest BCUT2D eigenvalue weighted by Crippen LogP contribution is 2.02. The van der Waals surface area contributed by atoms with E-state index in [0.717, 1.165) is 5.69 Å². The van der Waals surface area contributed by atoms with Crippen molar-refractivity contribution >= 4 is 5.91 Å². The second-order valence-corrected chi connectivity index (χ2v) is 3.05. The Hall–Kier alpha value is -1.68. The lowest BCUT2D eigenvalue weighted by atomic mass is 10.2. The van der Waals surface area contributed by atoms with Crippen LogP contribution in [0.2, 0.25) is 0 Å². The molecule has 0 atom stereocenters. The number of rotatable bonds is 4. The minimum atomic E-state index is -0.109. The molecule has 0 spiro atoms. The summed E-state index contributed by atoms with van der Waals surface area (Å²) in [4.78, 5) is 15.7. The Kier molecular flexibility index (Phi) is 4.50. The zero-order valence-electron chi connectivity index (χ0n) is 8.73. The van der Waals surface area contributed by atoms with Crippen LogP contribution in [0, 0.1) is 6.92 Å². The SMILES string of the molecule is Cc1ncccc1C(=O)NC/C=C/CN. The largest absolute Gasteiger partial charge is 0.349 e. The molecule has 4 nitrogen and oxygen atoms in total. The van der Waals surface area contributed by atoms with Crippen molar-refractivity contribution in [3.8, 4) is 0 Å². The molecule has 0 aliphatic carbocycles. The summed E-state index contributed by atoms with van der Waals surface area (Å²) in [6.07, 6.45) is 5.29. The summed E-state index contributed by atoms with van der Waals surface area (Å²) in [6.45, 7) is 2.79. The molecule has 0 saturated carbocycles. The molecule has 0 fully saturated rings. The molecular weight excluding hydrogens is 190 g/mol. The molecule has 1 aromatic heterocycles. The second-order valence-electron chi connectivity index (χ2n) is 3.05. The summed E-state index contributed by atoms with van der Waals surface area (Å²) in [7, 11) is 0. The number of hydrogen-bond donors (Lipinski definition) is 2. The fourth-order valence-corrected chi connectivity index (χ4v) is 1.15. The first kappa shape index (κ1) is 11.4. The highest BCUT2D eigenvalue weighted by atomic mass is 16.1. The number of nitrogens with zero attached hydrogens (tertiary/aromatic N) is 1. The standard InChI is InChI=1S/C11H15N3O/c1-9-10(5-4-8-13-9)11(15)14-7-3-2-6-12/h2-5,8H,6-7,12H2,1H3,(H,14,15)/b3-2+. The molecule has 80 valence electrons. The Morgan fingerprint density at radius 3 is 3.07 bits per heavy atom. The van der Waals surface area contributed by atoms with Gasteiger partial charge in [-0.05, 0) is 19.1 Å². The molecule has 1 aromatic rings. The van der Waals surface area contributed by atoms with E-state index in [2.05, 4.69) is 10.3 Å². The maximum Gasteiger partial charge on any atom is 0.253 e. The van der Waals surface area contributed by atoms with Crippen LogP contribution in [-0.4, -0.2) is 24.0 Å². The van der Waals surface area contributed by atoms with Gasteiger partial charge in [0, 0.05) is 25.0 Å². The van der Waals surface area contributed by atoms with E-state index in [9.17, 15) is 4.79 Å². The molecule has 15 heavy (non-hydrogen) atoms. The summed E-state index contributed by atoms with van der Waals surface area (Å²) < 4.78 is 0. The number of carbonyl (C=O) groups is 1. The van der Waals surface area contributed by atoms with E-state index >= 15 is 0 Å². The van der Waals surface area contributed by atoms with Crippen molar-refractivity contribution in [3.63, 3.8) is 0 Å². The fraction of sp³-hybridized carbons (Fsp3) is 0.273. The molecule has 1 heterocycles. The topological polar surface area (TPSA) is 68.0 Å². The first-order chi connectivity index (χ1) is 7.25. The minimum absolute atomic E-state index is 0.109. The number of carbonyl (C=O) groups excluding carboxylic acids is 1. The molecule has 1 rings (SSSR count). The van der Waals surface area contributed by atoms with E-state index in [0.29, 0.717) is 18.7 Å². The van der Waals surface area contributed by atoms with Crippen molar-refractivity contribution in [1.29, 1.82) is 0 Å². The van der Waals surface area contributed by atoms with Gasteiger partial charge in [-0.3, -0.25) is 9.78 Å².